The Balaban J connectivity index is 3.10. The zero-order valence-electron chi connectivity index (χ0n) is 12.6. The first kappa shape index (κ1) is 16.9. The number of rotatable bonds is 7. The van der Waals surface area contributed by atoms with E-state index in [0.717, 1.165) is 24.0 Å². The minimum Gasteiger partial charge on any atom is -0.399 e. The molecule has 1 aromatic carbocycles. The van der Waals surface area contributed by atoms with Crippen molar-refractivity contribution in [3.05, 3.63) is 23.3 Å². The largest absolute Gasteiger partial charge is 0.399 e. The van der Waals surface area contributed by atoms with Gasteiger partial charge >= 0.3 is 0 Å². The Kier molecular flexibility index (Phi) is 5.98. The van der Waals surface area contributed by atoms with E-state index in [-0.39, 0.29) is 10.9 Å². The number of hydrogen-bond donors (Lipinski definition) is 2. The van der Waals surface area contributed by atoms with Gasteiger partial charge in [0.15, 0.2) is 0 Å². The zero-order valence-corrected chi connectivity index (χ0v) is 13.4. The summed E-state index contributed by atoms with van der Waals surface area (Å²) in [7, 11) is -2.03. The predicted molar refractivity (Wildman–Crippen MR) is 81.2 cm³/mol. The van der Waals surface area contributed by atoms with Crippen LogP contribution in [0, 0.1) is 13.8 Å². The number of nitrogens with two attached hydrogens (primary N) is 1. The highest BCUT2D eigenvalue weighted by Crippen LogP contribution is 2.22. The van der Waals surface area contributed by atoms with Crippen molar-refractivity contribution < 1.29 is 13.2 Å². The van der Waals surface area contributed by atoms with Crippen molar-refractivity contribution in [2.45, 2.75) is 44.6 Å². The van der Waals surface area contributed by atoms with Gasteiger partial charge in [-0.1, -0.05) is 13.3 Å². The van der Waals surface area contributed by atoms with Crippen molar-refractivity contribution >= 4 is 15.7 Å². The van der Waals surface area contributed by atoms with Gasteiger partial charge in [-0.2, -0.15) is 0 Å². The second-order valence-corrected chi connectivity index (χ2v) is 6.71. The highest BCUT2D eigenvalue weighted by molar-refractivity contribution is 7.89. The predicted octanol–water partition coefficient (Wildman–Crippen LogP) is 1.98. The van der Waals surface area contributed by atoms with Gasteiger partial charge in [0.25, 0.3) is 0 Å². The maximum atomic E-state index is 12.5. The quantitative estimate of drug-likeness (QED) is 0.754. The lowest BCUT2D eigenvalue weighted by Gasteiger charge is -2.19. The molecule has 0 bridgehead atoms. The van der Waals surface area contributed by atoms with Crippen LogP contribution in [0.4, 0.5) is 5.69 Å². The molecule has 6 heteroatoms. The van der Waals surface area contributed by atoms with E-state index >= 15 is 0 Å². The molecule has 0 aromatic heterocycles. The van der Waals surface area contributed by atoms with Crippen molar-refractivity contribution in [1.29, 1.82) is 0 Å². The van der Waals surface area contributed by atoms with E-state index in [1.165, 1.54) is 6.07 Å². The molecule has 114 valence electrons. The molecule has 0 radical (unpaired) electrons. The molecule has 0 amide bonds. The lowest BCUT2D eigenvalue weighted by molar-refractivity contribution is 0.171. The first-order valence-corrected chi connectivity index (χ1v) is 8.18. The van der Waals surface area contributed by atoms with Crippen LogP contribution in [0.25, 0.3) is 0 Å². The first-order valence-electron chi connectivity index (χ1n) is 6.69. The Morgan fingerprint density at radius 3 is 2.55 bits per heavy atom. The van der Waals surface area contributed by atoms with Crippen LogP contribution in [0.1, 0.15) is 30.9 Å². The third-order valence-electron chi connectivity index (χ3n) is 3.26. The number of anilines is 1. The van der Waals surface area contributed by atoms with E-state index in [9.17, 15) is 8.42 Å². The van der Waals surface area contributed by atoms with Gasteiger partial charge in [-0.3, -0.25) is 0 Å². The lowest BCUT2D eigenvalue weighted by Crippen LogP contribution is -2.38. The normalized spacial score (nSPS) is 13.4. The van der Waals surface area contributed by atoms with Crippen molar-refractivity contribution in [2.24, 2.45) is 0 Å². The van der Waals surface area contributed by atoms with E-state index in [1.807, 2.05) is 13.8 Å². The molecule has 1 atom stereocenters. The van der Waals surface area contributed by atoms with E-state index in [2.05, 4.69) is 4.72 Å². The third kappa shape index (κ3) is 4.19. The van der Waals surface area contributed by atoms with Gasteiger partial charge in [0, 0.05) is 18.8 Å². The molecule has 0 saturated heterocycles. The monoisotopic (exact) mass is 300 g/mol. The fourth-order valence-electron chi connectivity index (χ4n) is 2.14. The van der Waals surface area contributed by atoms with Gasteiger partial charge in [0.1, 0.15) is 0 Å². The van der Waals surface area contributed by atoms with Crippen molar-refractivity contribution in [2.75, 3.05) is 19.5 Å². The molecule has 20 heavy (non-hydrogen) atoms. The standard InChI is InChI=1S/C14H24N2O3S/c1-5-6-13(9-19-4)16-20(17,18)14-8-12(15)7-10(2)11(14)3/h7-8,13,16H,5-6,9,15H2,1-4H3. The van der Waals surface area contributed by atoms with Gasteiger partial charge in [0.2, 0.25) is 10.0 Å². The number of methoxy groups -OCH3 is 1. The molecule has 0 aliphatic heterocycles. The van der Waals surface area contributed by atoms with Crippen LogP contribution in [0.15, 0.2) is 17.0 Å². The molecule has 0 heterocycles. The maximum Gasteiger partial charge on any atom is 0.241 e. The first-order chi connectivity index (χ1) is 9.31. The van der Waals surface area contributed by atoms with Gasteiger partial charge in [0.05, 0.1) is 11.5 Å². The van der Waals surface area contributed by atoms with E-state index in [0.29, 0.717) is 12.3 Å². The van der Waals surface area contributed by atoms with Crippen LogP contribution in [-0.4, -0.2) is 28.2 Å². The van der Waals surface area contributed by atoms with Crippen LogP contribution in [0.5, 0.6) is 0 Å². The second-order valence-electron chi connectivity index (χ2n) is 5.02. The fourth-order valence-corrected chi connectivity index (χ4v) is 3.75. The van der Waals surface area contributed by atoms with Crippen LogP contribution in [-0.2, 0) is 14.8 Å². The van der Waals surface area contributed by atoms with Crippen LogP contribution in [0.3, 0.4) is 0 Å². The van der Waals surface area contributed by atoms with Crippen LogP contribution >= 0.6 is 0 Å². The van der Waals surface area contributed by atoms with Crippen LogP contribution in [0.2, 0.25) is 0 Å². The molecule has 0 spiro atoms. The molecule has 0 aliphatic rings. The maximum absolute atomic E-state index is 12.5. The van der Waals surface area contributed by atoms with E-state index in [1.54, 1.807) is 20.1 Å². The Labute approximate surface area is 121 Å². The molecule has 1 unspecified atom stereocenters. The Bertz CT molecular complexity index is 550. The number of aryl methyl sites for hydroxylation is 1. The average Bonchev–Trinajstić information content (AvgIpc) is 2.33. The Hall–Kier alpha value is -1.11. The minimum absolute atomic E-state index is 0.226. The van der Waals surface area contributed by atoms with Crippen molar-refractivity contribution in [3.63, 3.8) is 0 Å². The molecule has 1 aromatic rings. The Morgan fingerprint density at radius 2 is 2.00 bits per heavy atom. The minimum atomic E-state index is -3.59. The summed E-state index contributed by atoms with van der Waals surface area (Å²) in [4.78, 5) is 0.243. The Morgan fingerprint density at radius 1 is 1.35 bits per heavy atom. The number of nitrogen functional groups attached to an aromatic ring is 1. The zero-order chi connectivity index (χ0) is 15.3. The summed E-state index contributed by atoms with van der Waals surface area (Å²) in [5.41, 5.74) is 7.79. The number of benzene rings is 1. The molecule has 0 aliphatic carbocycles. The summed E-state index contributed by atoms with van der Waals surface area (Å²) in [6.07, 6.45) is 1.61. The topological polar surface area (TPSA) is 81.4 Å². The van der Waals surface area contributed by atoms with E-state index < -0.39 is 10.0 Å². The van der Waals surface area contributed by atoms with Gasteiger partial charge in [-0.05, 0) is 43.5 Å². The van der Waals surface area contributed by atoms with Crippen molar-refractivity contribution in [3.8, 4) is 0 Å². The van der Waals surface area contributed by atoms with Gasteiger partial charge in [-0.15, -0.1) is 0 Å². The summed E-state index contributed by atoms with van der Waals surface area (Å²) >= 11 is 0. The summed E-state index contributed by atoms with van der Waals surface area (Å²) in [5, 5.41) is 0. The summed E-state index contributed by atoms with van der Waals surface area (Å²) in [6.45, 7) is 6.00. The van der Waals surface area contributed by atoms with Gasteiger partial charge in [-0.25, -0.2) is 13.1 Å². The molecular formula is C14H24N2O3S. The SMILES string of the molecule is CCCC(COC)NS(=O)(=O)c1cc(N)cc(C)c1C. The molecule has 5 nitrogen and oxygen atoms in total. The number of hydrogen-bond acceptors (Lipinski definition) is 4. The number of ether oxygens (including phenoxy) is 1. The molecular weight excluding hydrogens is 276 g/mol. The average molecular weight is 300 g/mol. The van der Waals surface area contributed by atoms with E-state index in [4.69, 9.17) is 10.5 Å². The molecule has 0 fully saturated rings. The molecule has 0 saturated carbocycles. The summed E-state index contributed by atoms with van der Waals surface area (Å²) in [5.74, 6) is 0. The summed E-state index contributed by atoms with van der Waals surface area (Å²) < 4.78 is 32.8. The number of nitrogens with one attached hydrogen (secondary N) is 1. The highest BCUT2D eigenvalue weighted by Gasteiger charge is 2.22. The molecule has 1 rings (SSSR count). The second kappa shape index (κ2) is 7.06. The summed E-state index contributed by atoms with van der Waals surface area (Å²) in [6, 6.07) is 3.05. The van der Waals surface area contributed by atoms with Crippen LogP contribution < -0.4 is 10.5 Å². The smallest absolute Gasteiger partial charge is 0.241 e. The molecule has 3 N–H and O–H groups in total. The highest BCUT2D eigenvalue weighted by atomic mass is 32.2. The fraction of sp³-hybridized carbons (Fsp3) is 0.571. The lowest BCUT2D eigenvalue weighted by atomic mass is 10.1. The third-order valence-corrected chi connectivity index (χ3v) is 4.91. The number of sulfonamides is 1. The van der Waals surface area contributed by atoms with Gasteiger partial charge < -0.3 is 10.5 Å². The van der Waals surface area contributed by atoms with Crippen molar-refractivity contribution in [1.82, 2.24) is 4.72 Å².